The summed E-state index contributed by atoms with van der Waals surface area (Å²) in [6.07, 6.45) is -0.197. The summed E-state index contributed by atoms with van der Waals surface area (Å²) in [5.41, 5.74) is 0.251. The van der Waals surface area contributed by atoms with Crippen molar-refractivity contribution in [3.8, 4) is 0 Å². The van der Waals surface area contributed by atoms with Crippen LogP contribution >= 0.6 is 58.0 Å². The number of Topliss-reactive ketones (excluding diaryl/α,β-unsaturated/α-hetero) is 1. The van der Waals surface area contributed by atoms with E-state index >= 15 is 0 Å². The molecule has 0 aromatic heterocycles. The summed E-state index contributed by atoms with van der Waals surface area (Å²) in [7, 11) is 0. The lowest BCUT2D eigenvalue weighted by Crippen LogP contribution is -2.44. The van der Waals surface area contributed by atoms with Crippen molar-refractivity contribution in [2.24, 2.45) is 0 Å². The number of nitrogens with one attached hydrogen (secondary N) is 1. The highest BCUT2D eigenvalue weighted by Crippen LogP contribution is 2.33. The number of ketones is 1. The number of alkyl halides is 3. The van der Waals surface area contributed by atoms with E-state index in [0.29, 0.717) is 5.02 Å². The lowest BCUT2D eigenvalue weighted by Gasteiger charge is -2.24. The van der Waals surface area contributed by atoms with Gasteiger partial charge in [-0.3, -0.25) is 9.59 Å². The Labute approximate surface area is 141 Å². The molecule has 8 heteroatoms. The fraction of sp³-hybridized carbons (Fsp3) is 0.333. The highest BCUT2D eigenvalue weighted by molar-refractivity contribution is 6.68. The maximum Gasteiger partial charge on any atom is 0.217 e. The second kappa shape index (κ2) is 7.19. The molecule has 3 nitrogen and oxygen atoms in total. The molecule has 0 aliphatic carbocycles. The molecule has 0 aliphatic rings. The van der Waals surface area contributed by atoms with E-state index in [0.717, 1.165) is 0 Å². The number of amides is 1. The van der Waals surface area contributed by atoms with Crippen molar-refractivity contribution >= 4 is 69.7 Å². The molecule has 1 atom stereocenters. The smallest absolute Gasteiger partial charge is 0.217 e. The van der Waals surface area contributed by atoms with Gasteiger partial charge in [0.15, 0.2) is 5.78 Å². The third-order valence-electron chi connectivity index (χ3n) is 2.39. The lowest BCUT2D eigenvalue weighted by atomic mass is 10.0. The average molecular weight is 377 g/mol. The van der Waals surface area contributed by atoms with Gasteiger partial charge in [0, 0.05) is 23.9 Å². The minimum absolute atomic E-state index is 0.197. The Hall–Kier alpha value is -0.190. The quantitative estimate of drug-likeness (QED) is 0.623. The topological polar surface area (TPSA) is 46.2 Å². The Bertz CT molecular complexity index is 527. The highest BCUT2D eigenvalue weighted by Gasteiger charge is 2.35. The van der Waals surface area contributed by atoms with Crippen LogP contribution in [0.25, 0.3) is 0 Å². The van der Waals surface area contributed by atoms with Gasteiger partial charge in [0.25, 0.3) is 0 Å². The zero-order valence-corrected chi connectivity index (χ0v) is 14.0. The van der Waals surface area contributed by atoms with Crippen molar-refractivity contribution in [1.29, 1.82) is 0 Å². The second-order valence-corrected chi connectivity index (χ2v) is 7.26. The number of halogens is 5. The van der Waals surface area contributed by atoms with Gasteiger partial charge in [-0.25, -0.2) is 0 Å². The maximum absolute atomic E-state index is 12.2. The predicted molar refractivity (Wildman–Crippen MR) is 83.3 cm³/mol. The molecule has 1 amide bonds. The molecule has 0 unspecified atom stereocenters. The van der Waals surface area contributed by atoms with E-state index < -0.39 is 15.7 Å². The molecule has 1 rings (SSSR count). The average Bonchev–Trinajstić information content (AvgIpc) is 2.25. The fourth-order valence-corrected chi connectivity index (χ4v) is 2.41. The fourth-order valence-electron chi connectivity index (χ4n) is 1.50. The first-order chi connectivity index (χ1) is 9.11. The number of hydrogen-bond donors (Lipinski definition) is 1. The van der Waals surface area contributed by atoms with Gasteiger partial charge in [0.05, 0.1) is 11.1 Å². The summed E-state index contributed by atoms with van der Waals surface area (Å²) in [6.45, 7) is 1.27. The second-order valence-electron chi connectivity index (χ2n) is 4.05. The van der Waals surface area contributed by atoms with Crippen molar-refractivity contribution in [2.45, 2.75) is 23.2 Å². The normalized spacial score (nSPS) is 12.9. The Morgan fingerprint density at radius 2 is 1.85 bits per heavy atom. The molecule has 110 valence electrons. The van der Waals surface area contributed by atoms with Crippen LogP contribution in [0.3, 0.4) is 0 Å². The molecule has 0 radical (unpaired) electrons. The molecular formula is C12H10Cl5NO2. The first-order valence-corrected chi connectivity index (χ1v) is 7.32. The third-order valence-corrected chi connectivity index (χ3v) is 3.73. The van der Waals surface area contributed by atoms with Gasteiger partial charge < -0.3 is 5.32 Å². The molecule has 0 heterocycles. The van der Waals surface area contributed by atoms with Crippen molar-refractivity contribution in [3.63, 3.8) is 0 Å². The van der Waals surface area contributed by atoms with Crippen LogP contribution in [0, 0.1) is 0 Å². The van der Waals surface area contributed by atoms with Gasteiger partial charge in [0.2, 0.25) is 9.70 Å². The van der Waals surface area contributed by atoms with Crippen LogP contribution in [0.1, 0.15) is 23.7 Å². The van der Waals surface area contributed by atoms with Crippen LogP contribution in [0.15, 0.2) is 18.2 Å². The van der Waals surface area contributed by atoms with E-state index in [1.165, 1.54) is 25.1 Å². The Morgan fingerprint density at radius 3 is 2.30 bits per heavy atom. The molecule has 20 heavy (non-hydrogen) atoms. The van der Waals surface area contributed by atoms with Crippen LogP contribution in [-0.4, -0.2) is 21.5 Å². The Morgan fingerprint density at radius 1 is 1.25 bits per heavy atom. The minimum Gasteiger partial charge on any atom is -0.349 e. The van der Waals surface area contributed by atoms with Crippen molar-refractivity contribution in [3.05, 3.63) is 33.8 Å². The zero-order valence-electron chi connectivity index (χ0n) is 10.2. The van der Waals surface area contributed by atoms with Gasteiger partial charge in [-0.2, -0.15) is 0 Å². The summed E-state index contributed by atoms with van der Waals surface area (Å²) in [4.78, 5) is 23.2. The van der Waals surface area contributed by atoms with Crippen LogP contribution in [0.4, 0.5) is 0 Å². The maximum atomic E-state index is 12.2. The van der Waals surface area contributed by atoms with Crippen LogP contribution in [0.5, 0.6) is 0 Å². The van der Waals surface area contributed by atoms with Gasteiger partial charge in [0.1, 0.15) is 0 Å². The number of benzene rings is 1. The third kappa shape index (κ3) is 5.30. The van der Waals surface area contributed by atoms with Crippen molar-refractivity contribution in [2.75, 3.05) is 0 Å². The Balaban J connectivity index is 2.93. The Kier molecular flexibility index (Phi) is 6.42. The van der Waals surface area contributed by atoms with Gasteiger partial charge in [-0.15, -0.1) is 0 Å². The number of carbonyl (C=O) groups excluding carboxylic acids is 2. The molecule has 1 aromatic rings. The SMILES string of the molecule is CC(=O)N[C@H](CC(=O)c1ccc(Cl)cc1Cl)C(Cl)(Cl)Cl. The van der Waals surface area contributed by atoms with E-state index in [-0.39, 0.29) is 22.8 Å². The molecule has 1 N–H and O–H groups in total. The van der Waals surface area contributed by atoms with E-state index in [2.05, 4.69) is 5.32 Å². The molecule has 0 saturated heterocycles. The first kappa shape index (κ1) is 17.9. The van der Waals surface area contributed by atoms with Crippen molar-refractivity contribution < 1.29 is 9.59 Å². The number of rotatable bonds is 4. The van der Waals surface area contributed by atoms with Gasteiger partial charge in [-0.1, -0.05) is 58.0 Å². The van der Waals surface area contributed by atoms with Crippen molar-refractivity contribution in [1.82, 2.24) is 5.32 Å². The van der Waals surface area contributed by atoms with E-state index in [1.807, 2.05) is 0 Å². The molecule has 0 bridgehead atoms. The predicted octanol–water partition coefficient (Wildman–Crippen LogP) is 4.44. The summed E-state index contributed by atoms with van der Waals surface area (Å²) >= 11 is 28.9. The van der Waals surface area contributed by atoms with Crippen LogP contribution in [0.2, 0.25) is 10.0 Å². The highest BCUT2D eigenvalue weighted by atomic mass is 35.6. The summed E-state index contributed by atoms with van der Waals surface area (Å²) in [6, 6.07) is 3.50. The lowest BCUT2D eigenvalue weighted by molar-refractivity contribution is -0.119. The molecule has 0 fully saturated rings. The van der Waals surface area contributed by atoms with Crippen LogP contribution in [-0.2, 0) is 4.79 Å². The number of hydrogen-bond acceptors (Lipinski definition) is 2. The van der Waals surface area contributed by atoms with E-state index in [9.17, 15) is 9.59 Å². The number of carbonyl (C=O) groups is 2. The molecule has 0 spiro atoms. The molecule has 0 aliphatic heterocycles. The minimum atomic E-state index is -1.81. The largest absolute Gasteiger partial charge is 0.349 e. The van der Waals surface area contributed by atoms with E-state index in [1.54, 1.807) is 0 Å². The summed E-state index contributed by atoms with van der Waals surface area (Å²) < 4.78 is -1.81. The monoisotopic (exact) mass is 375 g/mol. The van der Waals surface area contributed by atoms with Crippen LogP contribution < -0.4 is 5.32 Å². The summed E-state index contributed by atoms with van der Waals surface area (Å²) in [5.74, 6) is -0.770. The van der Waals surface area contributed by atoms with E-state index in [4.69, 9.17) is 58.0 Å². The molecule has 0 saturated carbocycles. The molecule has 1 aromatic carbocycles. The summed E-state index contributed by atoms with van der Waals surface area (Å²) in [5, 5.41) is 3.04. The molecular weight excluding hydrogens is 367 g/mol. The van der Waals surface area contributed by atoms with Gasteiger partial charge in [-0.05, 0) is 18.2 Å². The first-order valence-electron chi connectivity index (χ1n) is 5.43. The standard InChI is InChI=1S/C12H10Cl5NO2/c1-6(19)18-11(12(15,16)17)5-10(20)8-3-2-7(13)4-9(8)14/h2-4,11H,5H2,1H3,(H,18,19)/t11-/m1/s1. The van der Waals surface area contributed by atoms with Gasteiger partial charge >= 0.3 is 0 Å². The zero-order chi connectivity index (χ0) is 15.5.